The van der Waals surface area contributed by atoms with Crippen LogP contribution in [0.5, 0.6) is 0 Å². The number of nitrogens with one attached hydrogen (secondary N) is 2. The van der Waals surface area contributed by atoms with Crippen LogP contribution < -0.4 is 10.6 Å². The molecule has 3 nitrogen and oxygen atoms in total. The van der Waals surface area contributed by atoms with Gasteiger partial charge in [-0.3, -0.25) is 4.79 Å². The van der Waals surface area contributed by atoms with Gasteiger partial charge in [0.15, 0.2) is 0 Å². The Morgan fingerprint density at radius 2 is 1.73 bits per heavy atom. The van der Waals surface area contributed by atoms with E-state index in [1.165, 1.54) is 6.07 Å². The Morgan fingerprint density at radius 1 is 1.05 bits per heavy atom. The second-order valence-corrected chi connectivity index (χ2v) is 5.46. The molecule has 0 aliphatic heterocycles. The predicted octanol–water partition coefficient (Wildman–Crippen LogP) is 3.90. The first-order valence-electron chi connectivity index (χ1n) is 6.76. The third-order valence-corrected chi connectivity index (χ3v) is 3.69. The standard InChI is InChI=1S/C16H15Cl2FN2O/c17-12-5-3-6-13(18)16(12)21-10-15(22)20-9-8-11-4-1-2-7-14(11)19/h1-7,21H,8-10H2,(H,20,22). The fourth-order valence-electron chi connectivity index (χ4n) is 1.94. The van der Waals surface area contributed by atoms with Crippen LogP contribution in [0.2, 0.25) is 10.0 Å². The number of anilines is 1. The van der Waals surface area contributed by atoms with E-state index in [4.69, 9.17) is 23.2 Å². The lowest BCUT2D eigenvalue weighted by Crippen LogP contribution is -2.31. The molecule has 2 aromatic carbocycles. The van der Waals surface area contributed by atoms with Crippen LogP contribution in [0, 0.1) is 5.82 Å². The van der Waals surface area contributed by atoms with Gasteiger partial charge in [0.1, 0.15) is 5.82 Å². The molecular formula is C16H15Cl2FN2O. The maximum atomic E-state index is 13.4. The molecule has 0 fully saturated rings. The molecule has 1 amide bonds. The minimum absolute atomic E-state index is 0.0424. The fraction of sp³-hybridized carbons (Fsp3) is 0.188. The predicted molar refractivity (Wildman–Crippen MR) is 88.1 cm³/mol. The molecule has 22 heavy (non-hydrogen) atoms. The second-order valence-electron chi connectivity index (χ2n) is 4.64. The van der Waals surface area contributed by atoms with Gasteiger partial charge in [0.05, 0.1) is 22.3 Å². The molecule has 0 aliphatic carbocycles. The number of para-hydroxylation sites is 1. The summed E-state index contributed by atoms with van der Waals surface area (Å²) in [5.41, 5.74) is 1.10. The lowest BCUT2D eigenvalue weighted by Gasteiger charge is -2.10. The molecule has 2 aromatic rings. The van der Waals surface area contributed by atoms with E-state index < -0.39 is 0 Å². The zero-order valence-corrected chi connectivity index (χ0v) is 13.2. The first-order valence-corrected chi connectivity index (χ1v) is 7.51. The van der Waals surface area contributed by atoms with Gasteiger partial charge in [0.25, 0.3) is 0 Å². The quantitative estimate of drug-likeness (QED) is 0.837. The van der Waals surface area contributed by atoms with Gasteiger partial charge in [-0.05, 0) is 30.2 Å². The summed E-state index contributed by atoms with van der Waals surface area (Å²) in [5, 5.41) is 6.51. The molecular weight excluding hydrogens is 326 g/mol. The lowest BCUT2D eigenvalue weighted by molar-refractivity contribution is -0.119. The Morgan fingerprint density at radius 3 is 2.41 bits per heavy atom. The van der Waals surface area contributed by atoms with Crippen molar-refractivity contribution in [3.8, 4) is 0 Å². The van der Waals surface area contributed by atoms with Gasteiger partial charge in [0, 0.05) is 6.54 Å². The van der Waals surface area contributed by atoms with Gasteiger partial charge in [0.2, 0.25) is 5.91 Å². The van der Waals surface area contributed by atoms with Crippen LogP contribution in [-0.2, 0) is 11.2 Å². The van der Waals surface area contributed by atoms with E-state index in [0.717, 1.165) is 0 Å². The Hall–Kier alpha value is -1.78. The van der Waals surface area contributed by atoms with Crippen molar-refractivity contribution in [1.82, 2.24) is 5.32 Å². The number of carbonyl (C=O) groups is 1. The number of hydrogen-bond acceptors (Lipinski definition) is 2. The van der Waals surface area contributed by atoms with Gasteiger partial charge in [-0.15, -0.1) is 0 Å². The van der Waals surface area contributed by atoms with Gasteiger partial charge < -0.3 is 10.6 Å². The van der Waals surface area contributed by atoms with Crippen molar-refractivity contribution in [2.24, 2.45) is 0 Å². The van der Waals surface area contributed by atoms with Crippen molar-refractivity contribution in [3.63, 3.8) is 0 Å². The minimum Gasteiger partial charge on any atom is -0.374 e. The average Bonchev–Trinajstić information content (AvgIpc) is 2.49. The van der Waals surface area contributed by atoms with Crippen LogP contribution in [0.1, 0.15) is 5.56 Å². The number of amides is 1. The van der Waals surface area contributed by atoms with Gasteiger partial charge in [-0.1, -0.05) is 47.5 Å². The van der Waals surface area contributed by atoms with Crippen molar-refractivity contribution in [2.45, 2.75) is 6.42 Å². The Bertz CT molecular complexity index is 644. The van der Waals surface area contributed by atoms with Crippen molar-refractivity contribution < 1.29 is 9.18 Å². The highest BCUT2D eigenvalue weighted by Gasteiger charge is 2.07. The lowest BCUT2D eigenvalue weighted by atomic mass is 10.1. The summed E-state index contributed by atoms with van der Waals surface area (Å²) in [4.78, 5) is 11.8. The molecule has 2 N–H and O–H groups in total. The first-order chi connectivity index (χ1) is 10.6. The minimum atomic E-state index is -0.266. The summed E-state index contributed by atoms with van der Waals surface area (Å²) in [6, 6.07) is 11.6. The molecule has 2 rings (SSSR count). The monoisotopic (exact) mass is 340 g/mol. The van der Waals surface area contributed by atoms with Crippen LogP contribution in [0.4, 0.5) is 10.1 Å². The number of halogens is 3. The molecule has 0 bridgehead atoms. The first kappa shape index (κ1) is 16.6. The molecule has 0 atom stereocenters. The molecule has 0 saturated carbocycles. The molecule has 6 heteroatoms. The van der Waals surface area contributed by atoms with Crippen molar-refractivity contribution in [1.29, 1.82) is 0 Å². The van der Waals surface area contributed by atoms with Crippen LogP contribution in [-0.4, -0.2) is 19.0 Å². The zero-order valence-electron chi connectivity index (χ0n) is 11.7. The Labute approximate surface area is 138 Å². The van der Waals surface area contributed by atoms with E-state index in [9.17, 15) is 9.18 Å². The molecule has 116 valence electrons. The van der Waals surface area contributed by atoms with Gasteiger partial charge in [-0.2, -0.15) is 0 Å². The average molecular weight is 341 g/mol. The summed E-state index contributed by atoms with van der Waals surface area (Å²) >= 11 is 12.0. The molecule has 0 unspecified atom stereocenters. The van der Waals surface area contributed by atoms with Gasteiger partial charge in [-0.25, -0.2) is 4.39 Å². The zero-order chi connectivity index (χ0) is 15.9. The summed E-state index contributed by atoms with van der Waals surface area (Å²) < 4.78 is 13.4. The fourth-order valence-corrected chi connectivity index (χ4v) is 2.47. The Kier molecular flexibility index (Phi) is 6.04. The topological polar surface area (TPSA) is 41.1 Å². The number of hydrogen-bond donors (Lipinski definition) is 2. The SMILES string of the molecule is O=C(CNc1c(Cl)cccc1Cl)NCCc1ccccc1F. The van der Waals surface area contributed by atoms with E-state index in [1.807, 2.05) is 0 Å². The molecule has 0 heterocycles. The molecule has 0 aliphatic rings. The largest absolute Gasteiger partial charge is 0.374 e. The summed E-state index contributed by atoms with van der Waals surface area (Å²) in [6.07, 6.45) is 0.436. The highest BCUT2D eigenvalue weighted by atomic mass is 35.5. The highest BCUT2D eigenvalue weighted by molar-refractivity contribution is 6.39. The molecule has 0 spiro atoms. The maximum Gasteiger partial charge on any atom is 0.239 e. The van der Waals surface area contributed by atoms with E-state index in [2.05, 4.69) is 10.6 Å². The van der Waals surface area contributed by atoms with E-state index >= 15 is 0 Å². The summed E-state index contributed by atoms with van der Waals surface area (Å²) in [5.74, 6) is -0.481. The highest BCUT2D eigenvalue weighted by Crippen LogP contribution is 2.29. The number of benzene rings is 2. The Balaban J connectivity index is 1.78. The van der Waals surface area contributed by atoms with E-state index in [0.29, 0.717) is 34.3 Å². The second kappa shape index (κ2) is 8.01. The van der Waals surface area contributed by atoms with Crippen molar-refractivity contribution in [3.05, 3.63) is 63.9 Å². The van der Waals surface area contributed by atoms with Crippen LogP contribution >= 0.6 is 23.2 Å². The number of rotatable bonds is 6. The van der Waals surface area contributed by atoms with Crippen LogP contribution in [0.3, 0.4) is 0 Å². The van der Waals surface area contributed by atoms with Crippen LogP contribution in [0.15, 0.2) is 42.5 Å². The third kappa shape index (κ3) is 4.61. The normalized spacial score (nSPS) is 10.3. The van der Waals surface area contributed by atoms with E-state index in [1.54, 1.807) is 36.4 Å². The molecule has 0 radical (unpaired) electrons. The van der Waals surface area contributed by atoms with Crippen molar-refractivity contribution >= 4 is 34.8 Å². The summed E-state index contributed by atoms with van der Waals surface area (Å²) in [7, 11) is 0. The van der Waals surface area contributed by atoms with E-state index in [-0.39, 0.29) is 18.3 Å². The van der Waals surface area contributed by atoms with Gasteiger partial charge >= 0.3 is 0 Å². The smallest absolute Gasteiger partial charge is 0.239 e. The summed E-state index contributed by atoms with van der Waals surface area (Å²) in [6.45, 7) is 0.401. The maximum absolute atomic E-state index is 13.4. The van der Waals surface area contributed by atoms with Crippen LogP contribution in [0.25, 0.3) is 0 Å². The van der Waals surface area contributed by atoms with Crippen molar-refractivity contribution in [2.75, 3.05) is 18.4 Å². The molecule has 0 aromatic heterocycles. The molecule has 0 saturated heterocycles. The third-order valence-electron chi connectivity index (χ3n) is 3.06. The number of carbonyl (C=O) groups excluding carboxylic acids is 1.